The minimum Gasteiger partial charge on any atom is -0.310 e. The SMILES string of the molecule is CCNC(CSC)c1cc(C)cc(F)c1. The van der Waals surface area contributed by atoms with Crippen molar-refractivity contribution in [3.63, 3.8) is 0 Å². The van der Waals surface area contributed by atoms with E-state index in [9.17, 15) is 4.39 Å². The maximum absolute atomic E-state index is 13.2. The van der Waals surface area contributed by atoms with Gasteiger partial charge in [-0.15, -0.1) is 0 Å². The summed E-state index contributed by atoms with van der Waals surface area (Å²) in [6, 6.07) is 5.48. The average Bonchev–Trinajstić information content (AvgIpc) is 2.16. The van der Waals surface area contributed by atoms with Crippen LogP contribution in [0.2, 0.25) is 0 Å². The highest BCUT2D eigenvalue weighted by molar-refractivity contribution is 7.98. The lowest BCUT2D eigenvalue weighted by molar-refractivity contribution is 0.588. The van der Waals surface area contributed by atoms with Gasteiger partial charge in [0.1, 0.15) is 5.82 Å². The smallest absolute Gasteiger partial charge is 0.123 e. The first kappa shape index (κ1) is 12.5. The van der Waals surface area contributed by atoms with Crippen molar-refractivity contribution in [1.82, 2.24) is 5.32 Å². The predicted octanol–water partition coefficient (Wildman–Crippen LogP) is 3.15. The van der Waals surface area contributed by atoms with Crippen molar-refractivity contribution >= 4 is 11.8 Å². The molecule has 1 aromatic rings. The Balaban J connectivity index is 2.88. The minimum absolute atomic E-state index is 0.144. The molecule has 1 unspecified atom stereocenters. The molecular weight excluding hydrogens is 209 g/mol. The van der Waals surface area contributed by atoms with E-state index >= 15 is 0 Å². The molecule has 1 aromatic carbocycles. The lowest BCUT2D eigenvalue weighted by atomic mass is 10.1. The van der Waals surface area contributed by atoms with Crippen molar-refractivity contribution in [3.05, 3.63) is 35.1 Å². The van der Waals surface area contributed by atoms with Crippen molar-refractivity contribution in [2.45, 2.75) is 19.9 Å². The standard InChI is InChI=1S/C12H18FNS/c1-4-14-12(8-15-3)10-5-9(2)6-11(13)7-10/h5-7,12,14H,4,8H2,1-3H3. The van der Waals surface area contributed by atoms with E-state index in [1.807, 2.05) is 13.0 Å². The van der Waals surface area contributed by atoms with E-state index in [4.69, 9.17) is 0 Å². The number of thioether (sulfide) groups is 1. The Morgan fingerprint density at radius 1 is 1.40 bits per heavy atom. The molecule has 1 nitrogen and oxygen atoms in total. The number of halogens is 1. The van der Waals surface area contributed by atoms with Crippen molar-refractivity contribution in [2.75, 3.05) is 18.6 Å². The molecule has 0 aromatic heterocycles. The Morgan fingerprint density at radius 3 is 2.67 bits per heavy atom. The van der Waals surface area contributed by atoms with Gasteiger partial charge in [-0.2, -0.15) is 11.8 Å². The fourth-order valence-corrected chi connectivity index (χ4v) is 2.30. The molecule has 0 fully saturated rings. The molecule has 0 heterocycles. The number of nitrogens with one attached hydrogen (secondary N) is 1. The fourth-order valence-electron chi connectivity index (χ4n) is 1.65. The summed E-state index contributed by atoms with van der Waals surface area (Å²) >= 11 is 1.77. The second kappa shape index (κ2) is 6.13. The van der Waals surface area contributed by atoms with Gasteiger partial charge in [-0.25, -0.2) is 4.39 Å². The molecule has 84 valence electrons. The molecule has 0 aliphatic heterocycles. The first-order chi connectivity index (χ1) is 7.17. The van der Waals surface area contributed by atoms with Gasteiger partial charge in [0.2, 0.25) is 0 Å². The molecule has 0 bridgehead atoms. The number of hydrogen-bond donors (Lipinski definition) is 1. The Morgan fingerprint density at radius 2 is 2.13 bits per heavy atom. The van der Waals surface area contributed by atoms with Crippen LogP contribution in [0.3, 0.4) is 0 Å². The van der Waals surface area contributed by atoms with Crippen molar-refractivity contribution in [2.24, 2.45) is 0 Å². The highest BCUT2D eigenvalue weighted by atomic mass is 32.2. The molecule has 0 saturated heterocycles. The van der Waals surface area contributed by atoms with Crippen LogP contribution in [0.4, 0.5) is 4.39 Å². The molecule has 15 heavy (non-hydrogen) atoms. The Kier molecular flexibility index (Phi) is 5.12. The maximum Gasteiger partial charge on any atom is 0.123 e. The van der Waals surface area contributed by atoms with Crippen LogP contribution in [-0.4, -0.2) is 18.6 Å². The molecule has 3 heteroatoms. The van der Waals surface area contributed by atoms with E-state index < -0.39 is 0 Å². The quantitative estimate of drug-likeness (QED) is 0.829. The summed E-state index contributed by atoms with van der Waals surface area (Å²) in [5, 5.41) is 3.37. The van der Waals surface area contributed by atoms with Gasteiger partial charge >= 0.3 is 0 Å². The normalized spacial score (nSPS) is 12.8. The second-order valence-corrected chi connectivity index (χ2v) is 4.54. The molecule has 0 saturated carbocycles. The number of benzene rings is 1. The third kappa shape index (κ3) is 3.84. The topological polar surface area (TPSA) is 12.0 Å². The third-order valence-corrected chi connectivity index (χ3v) is 2.92. The Bertz CT molecular complexity index is 288. The van der Waals surface area contributed by atoms with Gasteiger partial charge in [0, 0.05) is 11.8 Å². The van der Waals surface area contributed by atoms with Gasteiger partial charge in [-0.1, -0.05) is 13.0 Å². The average molecular weight is 227 g/mol. The van der Waals surface area contributed by atoms with Crippen LogP contribution in [0.15, 0.2) is 18.2 Å². The summed E-state index contributed by atoms with van der Waals surface area (Å²) in [6.07, 6.45) is 2.07. The molecule has 0 amide bonds. The lowest BCUT2D eigenvalue weighted by Crippen LogP contribution is -2.23. The van der Waals surface area contributed by atoms with E-state index in [0.717, 1.165) is 23.4 Å². The summed E-state index contributed by atoms with van der Waals surface area (Å²) < 4.78 is 13.2. The molecule has 0 aliphatic rings. The zero-order chi connectivity index (χ0) is 11.3. The monoisotopic (exact) mass is 227 g/mol. The maximum atomic E-state index is 13.2. The van der Waals surface area contributed by atoms with Gasteiger partial charge in [0.05, 0.1) is 0 Å². The van der Waals surface area contributed by atoms with Gasteiger partial charge in [0.15, 0.2) is 0 Å². The van der Waals surface area contributed by atoms with Crippen LogP contribution >= 0.6 is 11.8 Å². The van der Waals surface area contributed by atoms with Crippen LogP contribution in [0.1, 0.15) is 24.1 Å². The van der Waals surface area contributed by atoms with Crippen LogP contribution in [0.5, 0.6) is 0 Å². The molecule has 0 aliphatic carbocycles. The molecule has 1 N–H and O–H groups in total. The largest absolute Gasteiger partial charge is 0.310 e. The van der Waals surface area contributed by atoms with E-state index in [1.54, 1.807) is 23.9 Å². The van der Waals surface area contributed by atoms with E-state index in [-0.39, 0.29) is 11.9 Å². The zero-order valence-electron chi connectivity index (χ0n) is 9.51. The van der Waals surface area contributed by atoms with Crippen LogP contribution in [0, 0.1) is 12.7 Å². The van der Waals surface area contributed by atoms with E-state index in [2.05, 4.69) is 18.5 Å². The van der Waals surface area contributed by atoms with Gasteiger partial charge in [-0.3, -0.25) is 0 Å². The summed E-state index contributed by atoms with van der Waals surface area (Å²) in [6.45, 7) is 4.90. The summed E-state index contributed by atoms with van der Waals surface area (Å²) in [5.41, 5.74) is 2.03. The highest BCUT2D eigenvalue weighted by Gasteiger charge is 2.10. The Hall–Kier alpha value is -0.540. The molecular formula is C12H18FNS. The van der Waals surface area contributed by atoms with Gasteiger partial charge in [-0.05, 0) is 43.0 Å². The summed E-state index contributed by atoms with van der Waals surface area (Å²) in [7, 11) is 0. The second-order valence-electron chi connectivity index (χ2n) is 3.63. The molecule has 1 rings (SSSR count). The van der Waals surface area contributed by atoms with Crippen LogP contribution < -0.4 is 5.32 Å². The predicted molar refractivity (Wildman–Crippen MR) is 65.9 cm³/mol. The molecule has 0 radical (unpaired) electrons. The summed E-state index contributed by atoms with van der Waals surface area (Å²) in [4.78, 5) is 0. The van der Waals surface area contributed by atoms with Crippen molar-refractivity contribution in [3.8, 4) is 0 Å². The van der Waals surface area contributed by atoms with Gasteiger partial charge in [0.25, 0.3) is 0 Å². The number of hydrogen-bond acceptors (Lipinski definition) is 2. The van der Waals surface area contributed by atoms with Crippen LogP contribution in [0.25, 0.3) is 0 Å². The van der Waals surface area contributed by atoms with Gasteiger partial charge < -0.3 is 5.32 Å². The number of rotatable bonds is 5. The number of aryl methyl sites for hydroxylation is 1. The van der Waals surface area contributed by atoms with Crippen molar-refractivity contribution in [1.29, 1.82) is 0 Å². The van der Waals surface area contributed by atoms with Crippen LogP contribution in [-0.2, 0) is 0 Å². The first-order valence-corrected chi connectivity index (χ1v) is 6.56. The molecule has 1 atom stereocenters. The van der Waals surface area contributed by atoms with Crippen molar-refractivity contribution < 1.29 is 4.39 Å². The Labute approximate surface area is 95.5 Å². The molecule has 0 spiro atoms. The van der Waals surface area contributed by atoms with E-state index in [0.29, 0.717) is 0 Å². The third-order valence-electron chi connectivity index (χ3n) is 2.25. The zero-order valence-corrected chi connectivity index (χ0v) is 10.3. The highest BCUT2D eigenvalue weighted by Crippen LogP contribution is 2.19. The summed E-state index contributed by atoms with van der Waals surface area (Å²) in [5.74, 6) is 0.825. The minimum atomic E-state index is -0.144. The first-order valence-electron chi connectivity index (χ1n) is 5.16. The van der Waals surface area contributed by atoms with E-state index in [1.165, 1.54) is 0 Å². The lowest BCUT2D eigenvalue weighted by Gasteiger charge is -2.17. The fraction of sp³-hybridized carbons (Fsp3) is 0.500.